The van der Waals surface area contributed by atoms with Crippen LogP contribution in [0.25, 0.3) is 11.5 Å². The molecule has 1 amide bonds. The van der Waals surface area contributed by atoms with Crippen LogP contribution in [0.4, 0.5) is 5.82 Å². The maximum absolute atomic E-state index is 12.9. The predicted octanol–water partition coefficient (Wildman–Crippen LogP) is 3.62. The smallest absolute Gasteiger partial charge is 0.262 e. The largest absolute Gasteiger partial charge is 0.308 e. The Labute approximate surface area is 150 Å². The average Bonchev–Trinajstić information content (AvgIpc) is 3.33. The molecular weight excluding hydrogens is 326 g/mol. The summed E-state index contributed by atoms with van der Waals surface area (Å²) in [5.74, 6) is 0.966. The van der Waals surface area contributed by atoms with Gasteiger partial charge in [0.2, 0.25) is 0 Å². The minimum atomic E-state index is -0.252. The summed E-state index contributed by atoms with van der Waals surface area (Å²) >= 11 is 0. The topological polar surface area (TPSA) is 64.7 Å². The van der Waals surface area contributed by atoms with Crippen LogP contribution in [-0.2, 0) is 0 Å². The van der Waals surface area contributed by atoms with Crippen molar-refractivity contribution in [1.82, 2.24) is 19.3 Å². The van der Waals surface area contributed by atoms with Gasteiger partial charge in [0.25, 0.3) is 5.91 Å². The Kier molecular flexibility index (Phi) is 4.07. The van der Waals surface area contributed by atoms with Crippen LogP contribution in [0, 0.1) is 6.92 Å². The van der Waals surface area contributed by atoms with Gasteiger partial charge in [0.15, 0.2) is 5.82 Å². The molecule has 0 saturated heterocycles. The zero-order valence-corrected chi connectivity index (χ0v) is 14.2. The number of carbonyl (C=O) groups excluding carboxylic acids is 1. The van der Waals surface area contributed by atoms with E-state index in [0.717, 1.165) is 11.3 Å². The molecular formula is C20H17N5O. The van der Waals surface area contributed by atoms with E-state index in [1.807, 2.05) is 78.5 Å². The number of pyridine rings is 1. The van der Waals surface area contributed by atoms with Gasteiger partial charge in [0.1, 0.15) is 11.4 Å². The summed E-state index contributed by atoms with van der Waals surface area (Å²) in [6.45, 7) is 1.91. The third kappa shape index (κ3) is 2.88. The third-order valence-corrected chi connectivity index (χ3v) is 4.08. The van der Waals surface area contributed by atoms with Crippen LogP contribution in [0.1, 0.15) is 15.9 Å². The molecule has 6 heteroatoms. The Balaban J connectivity index is 1.78. The van der Waals surface area contributed by atoms with Crippen LogP contribution in [0.2, 0.25) is 0 Å². The fraction of sp³-hybridized carbons (Fsp3) is 0.0500. The molecule has 6 nitrogen and oxygen atoms in total. The van der Waals surface area contributed by atoms with Crippen LogP contribution in [-0.4, -0.2) is 25.2 Å². The second kappa shape index (κ2) is 6.68. The highest BCUT2D eigenvalue weighted by Crippen LogP contribution is 2.21. The van der Waals surface area contributed by atoms with E-state index in [4.69, 9.17) is 0 Å². The molecule has 0 aliphatic heterocycles. The van der Waals surface area contributed by atoms with Crippen LogP contribution in [0.3, 0.4) is 0 Å². The van der Waals surface area contributed by atoms with Gasteiger partial charge in [-0.15, -0.1) is 0 Å². The molecule has 3 aromatic heterocycles. The SMILES string of the molecule is Cc1cccnc1NC(=O)c1cnn(-c2ccccc2)c1-n1cccc1. The molecule has 0 unspecified atom stereocenters. The van der Waals surface area contributed by atoms with Crippen LogP contribution < -0.4 is 5.32 Å². The summed E-state index contributed by atoms with van der Waals surface area (Å²) < 4.78 is 3.63. The molecule has 0 radical (unpaired) electrons. The zero-order chi connectivity index (χ0) is 17.9. The van der Waals surface area contributed by atoms with E-state index in [-0.39, 0.29) is 5.91 Å². The highest BCUT2D eigenvalue weighted by atomic mass is 16.1. The molecule has 0 atom stereocenters. The number of carbonyl (C=O) groups is 1. The molecule has 26 heavy (non-hydrogen) atoms. The van der Waals surface area contributed by atoms with E-state index in [2.05, 4.69) is 15.4 Å². The minimum Gasteiger partial charge on any atom is -0.308 e. The van der Waals surface area contributed by atoms with E-state index >= 15 is 0 Å². The summed E-state index contributed by atoms with van der Waals surface area (Å²) in [4.78, 5) is 17.1. The number of amides is 1. The molecule has 4 rings (SSSR count). The van der Waals surface area contributed by atoms with E-state index in [0.29, 0.717) is 17.2 Å². The number of hydrogen-bond donors (Lipinski definition) is 1. The van der Waals surface area contributed by atoms with Gasteiger partial charge >= 0.3 is 0 Å². The molecule has 0 aliphatic rings. The lowest BCUT2D eigenvalue weighted by Gasteiger charge is -2.11. The van der Waals surface area contributed by atoms with Crippen molar-refractivity contribution in [3.8, 4) is 11.5 Å². The number of hydrogen-bond acceptors (Lipinski definition) is 3. The van der Waals surface area contributed by atoms with Crippen LogP contribution in [0.15, 0.2) is 79.4 Å². The monoisotopic (exact) mass is 343 g/mol. The molecule has 1 aromatic carbocycles. The summed E-state index contributed by atoms with van der Waals surface area (Å²) in [5.41, 5.74) is 2.25. The molecule has 3 heterocycles. The Morgan fingerprint density at radius 3 is 2.50 bits per heavy atom. The van der Waals surface area contributed by atoms with E-state index in [1.54, 1.807) is 17.1 Å². The second-order valence-corrected chi connectivity index (χ2v) is 5.84. The number of aryl methyl sites for hydroxylation is 1. The number of anilines is 1. The molecule has 0 aliphatic carbocycles. The van der Waals surface area contributed by atoms with Gasteiger partial charge in [-0.1, -0.05) is 24.3 Å². The van der Waals surface area contributed by atoms with Gasteiger partial charge in [0.05, 0.1) is 11.9 Å². The van der Waals surface area contributed by atoms with Crippen molar-refractivity contribution in [3.63, 3.8) is 0 Å². The highest BCUT2D eigenvalue weighted by Gasteiger charge is 2.20. The van der Waals surface area contributed by atoms with Gasteiger partial charge in [-0.3, -0.25) is 4.79 Å². The van der Waals surface area contributed by atoms with Gasteiger partial charge in [-0.2, -0.15) is 5.10 Å². The van der Waals surface area contributed by atoms with Crippen molar-refractivity contribution in [2.75, 3.05) is 5.32 Å². The first-order chi connectivity index (χ1) is 12.7. The number of nitrogens with one attached hydrogen (secondary N) is 1. The maximum atomic E-state index is 12.9. The Hall–Kier alpha value is -3.67. The number of rotatable bonds is 4. The van der Waals surface area contributed by atoms with E-state index in [1.165, 1.54) is 0 Å². The highest BCUT2D eigenvalue weighted by molar-refractivity contribution is 6.06. The first kappa shape index (κ1) is 15.8. The molecule has 0 saturated carbocycles. The van der Waals surface area contributed by atoms with Crippen LogP contribution in [0.5, 0.6) is 0 Å². The number of nitrogens with zero attached hydrogens (tertiary/aromatic N) is 4. The van der Waals surface area contributed by atoms with Gasteiger partial charge in [-0.05, 0) is 42.8 Å². The average molecular weight is 343 g/mol. The molecule has 0 fully saturated rings. The van der Waals surface area contributed by atoms with Gasteiger partial charge in [-0.25, -0.2) is 9.67 Å². The Morgan fingerprint density at radius 2 is 1.77 bits per heavy atom. The molecule has 1 N–H and O–H groups in total. The van der Waals surface area contributed by atoms with Crippen molar-refractivity contribution < 1.29 is 4.79 Å². The summed E-state index contributed by atoms with van der Waals surface area (Å²) in [6, 6.07) is 17.3. The number of aromatic nitrogens is 4. The number of para-hydroxylation sites is 1. The first-order valence-corrected chi connectivity index (χ1v) is 8.24. The molecule has 128 valence electrons. The first-order valence-electron chi connectivity index (χ1n) is 8.24. The molecule has 0 bridgehead atoms. The van der Waals surface area contributed by atoms with Crippen molar-refractivity contribution >= 4 is 11.7 Å². The van der Waals surface area contributed by atoms with E-state index < -0.39 is 0 Å². The van der Waals surface area contributed by atoms with Crippen molar-refractivity contribution in [1.29, 1.82) is 0 Å². The summed E-state index contributed by atoms with van der Waals surface area (Å²) in [6.07, 6.45) is 7.01. The van der Waals surface area contributed by atoms with Crippen molar-refractivity contribution in [3.05, 3.63) is 90.5 Å². The fourth-order valence-corrected chi connectivity index (χ4v) is 2.78. The van der Waals surface area contributed by atoms with Crippen LogP contribution >= 0.6 is 0 Å². The van der Waals surface area contributed by atoms with Crippen molar-refractivity contribution in [2.45, 2.75) is 6.92 Å². The second-order valence-electron chi connectivity index (χ2n) is 5.84. The zero-order valence-electron chi connectivity index (χ0n) is 14.2. The quantitative estimate of drug-likeness (QED) is 0.615. The minimum absolute atomic E-state index is 0.252. The lowest BCUT2D eigenvalue weighted by Crippen LogP contribution is -2.16. The van der Waals surface area contributed by atoms with Gasteiger partial charge in [0, 0.05) is 18.6 Å². The maximum Gasteiger partial charge on any atom is 0.262 e. The Bertz CT molecular complexity index is 1040. The lowest BCUT2D eigenvalue weighted by atomic mass is 10.2. The molecule has 4 aromatic rings. The predicted molar refractivity (Wildman–Crippen MR) is 99.8 cm³/mol. The third-order valence-electron chi connectivity index (χ3n) is 4.08. The van der Waals surface area contributed by atoms with Gasteiger partial charge < -0.3 is 9.88 Å². The summed E-state index contributed by atoms with van der Waals surface area (Å²) in [7, 11) is 0. The molecule has 0 spiro atoms. The summed E-state index contributed by atoms with van der Waals surface area (Å²) in [5, 5.41) is 7.32. The lowest BCUT2D eigenvalue weighted by molar-refractivity contribution is 0.102. The van der Waals surface area contributed by atoms with E-state index in [9.17, 15) is 4.79 Å². The number of benzene rings is 1. The fourth-order valence-electron chi connectivity index (χ4n) is 2.78. The normalized spacial score (nSPS) is 10.7. The van der Waals surface area contributed by atoms with Crippen molar-refractivity contribution in [2.24, 2.45) is 0 Å². The Morgan fingerprint density at radius 1 is 1.00 bits per heavy atom. The standard InChI is InChI=1S/C20H17N5O/c1-15-8-7-11-21-18(15)23-19(26)17-14-22-25(16-9-3-2-4-10-16)20(17)24-12-5-6-13-24/h2-14H,1H3,(H,21,23,26).